The topological polar surface area (TPSA) is 36.3 Å². The third-order valence-corrected chi connectivity index (χ3v) is 1.71. The molecule has 0 bridgehead atoms. The zero-order valence-corrected chi connectivity index (χ0v) is 8.36. The van der Waals surface area contributed by atoms with Crippen molar-refractivity contribution < 1.29 is 9.47 Å². The fourth-order valence-electron chi connectivity index (χ4n) is 1.10. The van der Waals surface area contributed by atoms with Gasteiger partial charge in [0.05, 0.1) is 0 Å². The van der Waals surface area contributed by atoms with Crippen LogP contribution in [0.3, 0.4) is 0 Å². The molecule has 0 spiro atoms. The fraction of sp³-hybridized carbons (Fsp3) is 0.625. The van der Waals surface area contributed by atoms with Crippen LogP contribution in [0.15, 0.2) is 12.4 Å². The molecule has 0 aliphatic carbocycles. The van der Waals surface area contributed by atoms with E-state index in [1.54, 1.807) is 6.20 Å². The van der Waals surface area contributed by atoms with Crippen molar-refractivity contribution >= 4 is 22.2 Å². The maximum atomic E-state index is 5.41. The van der Waals surface area contributed by atoms with Crippen LogP contribution in [0.5, 0.6) is 0 Å². The molecule has 1 aromatic rings. The average Bonchev–Trinajstić information content (AvgIpc) is 2.51. The summed E-state index contributed by atoms with van der Waals surface area (Å²) in [6.07, 6.45) is 3.25. The molecule has 1 heterocycles. The summed E-state index contributed by atoms with van der Waals surface area (Å²) in [5.74, 6) is 0. The Morgan fingerprint density at radius 2 is 2.08 bits per heavy atom. The fourth-order valence-corrected chi connectivity index (χ4v) is 1.10. The third-order valence-electron chi connectivity index (χ3n) is 1.71. The van der Waals surface area contributed by atoms with Crippen LogP contribution < -0.4 is 4.50 Å². The van der Waals surface area contributed by atoms with Gasteiger partial charge in [0.2, 0.25) is 0 Å². The molecule has 0 aliphatic rings. The first-order valence-corrected chi connectivity index (χ1v) is 4.52. The Kier molecular flexibility index (Phi) is 4.54. The van der Waals surface area contributed by atoms with Crippen molar-refractivity contribution in [2.45, 2.75) is 20.3 Å². The molecule has 0 aromatic carbocycles. The quantitative estimate of drug-likeness (QED) is 0.475. The van der Waals surface area contributed by atoms with Gasteiger partial charge in [-0.15, -0.1) is 0 Å². The first-order chi connectivity index (χ1) is 6.29. The Hall–Kier alpha value is -0.273. The minimum absolute atomic E-state index is 0.336. The van der Waals surface area contributed by atoms with Gasteiger partial charge < -0.3 is 0 Å². The van der Waals surface area contributed by atoms with Gasteiger partial charge in [-0.1, -0.05) is 0 Å². The van der Waals surface area contributed by atoms with E-state index in [1.807, 2.05) is 42.3 Å². The molecule has 0 N–H and O–H groups in total. The molecule has 1 aromatic heterocycles. The molecular formula is C8H13LiN2O2. The van der Waals surface area contributed by atoms with Crippen molar-refractivity contribution in [1.29, 1.82) is 0 Å². The number of hydrogen-bond donors (Lipinski definition) is 0. The molecule has 0 radical (unpaired) electrons. The van der Waals surface area contributed by atoms with Crippen molar-refractivity contribution in [2.24, 2.45) is 0 Å². The Morgan fingerprint density at radius 3 is 2.46 bits per heavy atom. The van der Waals surface area contributed by atoms with Gasteiger partial charge >= 0.3 is 87.1 Å². The van der Waals surface area contributed by atoms with Gasteiger partial charge in [-0.2, -0.15) is 0 Å². The van der Waals surface area contributed by atoms with E-state index >= 15 is 0 Å². The van der Waals surface area contributed by atoms with E-state index in [4.69, 9.17) is 9.47 Å². The number of nitrogens with zero attached hydrogens (tertiary/aromatic N) is 2. The van der Waals surface area contributed by atoms with E-state index in [1.165, 1.54) is 0 Å². The maximum absolute atomic E-state index is 5.41. The number of ether oxygens (including phenoxy) is 2. The van der Waals surface area contributed by atoms with Crippen LogP contribution in [-0.4, -0.2) is 40.5 Å². The van der Waals surface area contributed by atoms with E-state index in [0.29, 0.717) is 13.2 Å². The molecule has 0 atom stereocenters. The van der Waals surface area contributed by atoms with E-state index < -0.39 is 0 Å². The van der Waals surface area contributed by atoms with Crippen molar-refractivity contribution in [1.82, 2.24) is 9.55 Å². The third kappa shape index (κ3) is 2.85. The second-order valence-corrected chi connectivity index (χ2v) is 2.60. The van der Waals surface area contributed by atoms with E-state index in [0.717, 1.165) is 4.50 Å². The van der Waals surface area contributed by atoms with Gasteiger partial charge in [-0.05, 0) is 0 Å². The number of rotatable bonds is 5. The second-order valence-electron chi connectivity index (χ2n) is 2.60. The van der Waals surface area contributed by atoms with Gasteiger partial charge in [-0.3, -0.25) is 0 Å². The van der Waals surface area contributed by atoms with Crippen LogP contribution in [0.1, 0.15) is 20.3 Å². The second kappa shape index (κ2) is 5.46. The average molecular weight is 176 g/mol. The normalized spacial score (nSPS) is 11.2. The van der Waals surface area contributed by atoms with Crippen LogP contribution in [0.2, 0.25) is 0 Å². The molecular weight excluding hydrogens is 163 g/mol. The Morgan fingerprint density at radius 1 is 1.46 bits per heavy atom. The predicted octanol–water partition coefficient (Wildman–Crippen LogP) is 0.206. The molecule has 1 rings (SSSR count). The molecule has 0 aliphatic heterocycles. The summed E-state index contributed by atoms with van der Waals surface area (Å²) in [6, 6.07) is 0. The molecule has 13 heavy (non-hydrogen) atoms. The van der Waals surface area contributed by atoms with Crippen molar-refractivity contribution in [3.8, 4) is 0 Å². The van der Waals surface area contributed by atoms with Crippen molar-refractivity contribution in [3.05, 3.63) is 12.4 Å². The molecule has 0 fully saturated rings. The van der Waals surface area contributed by atoms with E-state index in [-0.39, 0.29) is 6.41 Å². The molecule has 0 saturated heterocycles. The zero-order chi connectivity index (χ0) is 9.68. The van der Waals surface area contributed by atoms with Crippen LogP contribution in [0.25, 0.3) is 0 Å². The van der Waals surface area contributed by atoms with Gasteiger partial charge in [0.1, 0.15) is 0 Å². The first-order valence-electron chi connectivity index (χ1n) is 4.52. The van der Waals surface area contributed by atoms with Gasteiger partial charge in [-0.25, -0.2) is 0 Å². The zero-order valence-electron chi connectivity index (χ0n) is 8.36. The Bertz CT molecular complexity index is 246. The van der Waals surface area contributed by atoms with Crippen LogP contribution in [-0.2, 0) is 9.47 Å². The molecule has 4 nitrogen and oxygen atoms in total. The van der Waals surface area contributed by atoms with E-state index in [9.17, 15) is 0 Å². The summed E-state index contributed by atoms with van der Waals surface area (Å²) < 4.78 is 13.6. The SMILES string of the molecule is [Li][c]1nccn1C(OCC)OCC. The van der Waals surface area contributed by atoms with E-state index in [2.05, 4.69) is 4.98 Å². The van der Waals surface area contributed by atoms with Crippen LogP contribution in [0.4, 0.5) is 0 Å². The summed E-state index contributed by atoms with van der Waals surface area (Å²) in [5.41, 5.74) is 0. The summed E-state index contributed by atoms with van der Waals surface area (Å²) in [5, 5.41) is 0. The first kappa shape index (κ1) is 10.8. The van der Waals surface area contributed by atoms with Gasteiger partial charge in [0, 0.05) is 0 Å². The summed E-state index contributed by atoms with van der Waals surface area (Å²) in [4.78, 5) is 4.10. The molecule has 5 heteroatoms. The number of imidazole rings is 1. The van der Waals surface area contributed by atoms with Crippen molar-refractivity contribution in [3.63, 3.8) is 0 Å². The van der Waals surface area contributed by atoms with Gasteiger partial charge in [0.25, 0.3) is 0 Å². The van der Waals surface area contributed by atoms with Crippen LogP contribution >= 0.6 is 0 Å². The van der Waals surface area contributed by atoms with Crippen molar-refractivity contribution in [2.75, 3.05) is 13.2 Å². The number of hydrogen-bond acceptors (Lipinski definition) is 3. The summed E-state index contributed by atoms with van der Waals surface area (Å²) in [7, 11) is 0. The number of aromatic nitrogens is 2. The predicted molar refractivity (Wildman–Crippen MR) is 49.9 cm³/mol. The van der Waals surface area contributed by atoms with Gasteiger partial charge in [0.15, 0.2) is 0 Å². The standard InChI is InChI=1S/C8H13N2O2.Li/c1-3-11-8(12-4-2)10-6-5-9-7-10;/h5-6,8H,3-4H2,1-2H3;. The Balaban J connectivity index is 2.69. The molecule has 0 unspecified atom stereocenters. The monoisotopic (exact) mass is 176 g/mol. The molecule has 0 amide bonds. The summed E-state index contributed by atoms with van der Waals surface area (Å²) >= 11 is 1.92. The molecule has 0 saturated carbocycles. The summed E-state index contributed by atoms with van der Waals surface area (Å²) in [6.45, 7) is 5.14. The molecule has 68 valence electrons. The minimum atomic E-state index is -0.336. The Labute approximate surface area is 87.4 Å². The van der Waals surface area contributed by atoms with Crippen LogP contribution in [0, 0.1) is 0 Å².